The molecule has 0 aromatic rings. The molecule has 5 heteroatoms. The summed E-state index contributed by atoms with van der Waals surface area (Å²) in [5, 5.41) is 7.72. The van der Waals surface area contributed by atoms with Gasteiger partial charge in [-0.25, -0.2) is 4.79 Å². The van der Waals surface area contributed by atoms with Crippen molar-refractivity contribution >= 4 is 12.1 Å². The summed E-state index contributed by atoms with van der Waals surface area (Å²) in [6, 6.07) is 0. The number of aliphatic carboxylic acids is 1. The Bertz CT molecular complexity index is 165. The van der Waals surface area contributed by atoms with Crippen LogP contribution in [0, 0.1) is 0 Å². The van der Waals surface area contributed by atoms with Crippen LogP contribution in [0.1, 0.15) is 20.3 Å². The largest absolute Gasteiger partial charge is 0.508 e. The zero-order chi connectivity index (χ0) is 9.56. The number of carbonyl (C=O) groups is 2. The van der Waals surface area contributed by atoms with Crippen LogP contribution in [0.25, 0.3) is 0 Å². The second-order valence-corrected chi connectivity index (χ2v) is 2.24. The molecule has 0 bridgehead atoms. The van der Waals surface area contributed by atoms with Gasteiger partial charge in [0.15, 0.2) is 0 Å². The van der Waals surface area contributed by atoms with Gasteiger partial charge in [0.1, 0.15) is 12.7 Å². The molecule has 1 unspecified atom stereocenters. The number of hydrogen-bond acceptors (Lipinski definition) is 4. The van der Waals surface area contributed by atoms with Gasteiger partial charge in [-0.2, -0.15) is 0 Å². The smallest absolute Gasteiger partial charge is 0.481 e. The average molecular weight is 176 g/mol. The molecule has 1 N–H and O–H groups in total. The summed E-state index contributed by atoms with van der Waals surface area (Å²) in [5.41, 5.74) is 0. The molecule has 1 aliphatic rings. The summed E-state index contributed by atoms with van der Waals surface area (Å²) in [6.07, 6.45) is -0.375. The predicted molar refractivity (Wildman–Crippen MR) is 39.8 cm³/mol. The van der Waals surface area contributed by atoms with Crippen LogP contribution in [0.5, 0.6) is 0 Å². The van der Waals surface area contributed by atoms with E-state index in [0.29, 0.717) is 6.61 Å². The third kappa shape index (κ3) is 5.52. The van der Waals surface area contributed by atoms with Gasteiger partial charge in [0.25, 0.3) is 0 Å². The number of carbonyl (C=O) groups excluding carboxylic acids is 1. The highest BCUT2D eigenvalue weighted by molar-refractivity contribution is 5.66. The van der Waals surface area contributed by atoms with Crippen molar-refractivity contribution in [2.45, 2.75) is 26.4 Å². The number of carboxylic acids is 1. The van der Waals surface area contributed by atoms with Crippen LogP contribution in [0.2, 0.25) is 0 Å². The van der Waals surface area contributed by atoms with Gasteiger partial charge in [-0.3, -0.25) is 4.79 Å². The fourth-order valence-electron chi connectivity index (χ4n) is 0.418. The minimum absolute atomic E-state index is 0.0486. The molecule has 0 radical (unpaired) electrons. The van der Waals surface area contributed by atoms with E-state index in [9.17, 15) is 9.59 Å². The highest BCUT2D eigenvalue weighted by Crippen LogP contribution is 2.02. The first-order chi connectivity index (χ1) is 5.56. The van der Waals surface area contributed by atoms with Gasteiger partial charge < -0.3 is 14.6 Å². The summed E-state index contributed by atoms with van der Waals surface area (Å²) in [6.45, 7) is 3.78. The molecule has 1 atom stereocenters. The molecule has 5 nitrogen and oxygen atoms in total. The fourth-order valence-corrected chi connectivity index (χ4v) is 0.418. The first-order valence-corrected chi connectivity index (χ1v) is 3.61. The first kappa shape index (κ1) is 10.7. The molecule has 0 saturated carbocycles. The number of carboxylic acid groups (broad SMARTS) is 1. The van der Waals surface area contributed by atoms with Gasteiger partial charge in [-0.15, -0.1) is 0 Å². The Morgan fingerprint density at radius 2 is 2.25 bits per heavy atom. The lowest BCUT2D eigenvalue weighted by Crippen LogP contribution is -2.01. The first-order valence-electron chi connectivity index (χ1n) is 3.61. The highest BCUT2D eigenvalue weighted by atomic mass is 16.8. The Morgan fingerprint density at radius 1 is 1.75 bits per heavy atom. The van der Waals surface area contributed by atoms with Crippen molar-refractivity contribution in [2.24, 2.45) is 0 Å². The lowest BCUT2D eigenvalue weighted by Gasteiger charge is -1.90. The third-order valence-corrected chi connectivity index (χ3v) is 1.04. The topological polar surface area (TPSA) is 72.8 Å². The second-order valence-electron chi connectivity index (χ2n) is 2.24. The third-order valence-electron chi connectivity index (χ3n) is 1.04. The van der Waals surface area contributed by atoms with Crippen LogP contribution >= 0.6 is 0 Å². The number of hydrogen-bond donors (Lipinski definition) is 1. The molecule has 1 aliphatic heterocycles. The van der Waals surface area contributed by atoms with Crippen molar-refractivity contribution in [3.63, 3.8) is 0 Å². The van der Waals surface area contributed by atoms with E-state index in [1.165, 1.54) is 0 Å². The summed E-state index contributed by atoms with van der Waals surface area (Å²) < 4.78 is 8.90. The molecule has 0 aromatic carbocycles. The Hall–Kier alpha value is -1.26. The predicted octanol–water partition coefficient (Wildman–Crippen LogP) is 1.02. The summed E-state index contributed by atoms with van der Waals surface area (Å²) >= 11 is 0. The Labute approximate surface area is 70.3 Å². The molecule has 0 spiro atoms. The standard InChI is InChI=1S/C4H6O3.C3H6O2/c1-3-2-6-4(5)7-3;1-2-3(4)5/h3H,2H2,1H3;2H2,1H3,(H,4,5). The van der Waals surface area contributed by atoms with Crippen LogP contribution in [0.3, 0.4) is 0 Å². The number of rotatable bonds is 1. The van der Waals surface area contributed by atoms with Crippen molar-refractivity contribution in [2.75, 3.05) is 6.61 Å². The van der Waals surface area contributed by atoms with E-state index in [-0.39, 0.29) is 12.5 Å². The summed E-state index contributed by atoms with van der Waals surface area (Å²) in [5.74, 6) is -0.745. The van der Waals surface area contributed by atoms with Crippen LogP contribution < -0.4 is 0 Å². The number of cyclic esters (lactones) is 2. The van der Waals surface area contributed by atoms with Gasteiger partial charge in [0, 0.05) is 6.42 Å². The Balaban J connectivity index is 0.000000217. The van der Waals surface area contributed by atoms with Gasteiger partial charge >= 0.3 is 12.1 Å². The van der Waals surface area contributed by atoms with E-state index in [1.54, 1.807) is 13.8 Å². The molecule has 70 valence electrons. The average Bonchev–Trinajstić information content (AvgIpc) is 2.36. The number of ether oxygens (including phenoxy) is 2. The van der Waals surface area contributed by atoms with Crippen molar-refractivity contribution in [3.8, 4) is 0 Å². The molecular formula is C7H12O5. The quantitative estimate of drug-likeness (QED) is 0.604. The van der Waals surface area contributed by atoms with Crippen LogP contribution in [0.4, 0.5) is 4.79 Å². The zero-order valence-electron chi connectivity index (χ0n) is 7.07. The normalized spacial score (nSPS) is 20.2. The van der Waals surface area contributed by atoms with Crippen molar-refractivity contribution in [1.29, 1.82) is 0 Å². The lowest BCUT2D eigenvalue weighted by molar-refractivity contribution is -0.136. The minimum Gasteiger partial charge on any atom is -0.481 e. The maximum Gasteiger partial charge on any atom is 0.508 e. The van der Waals surface area contributed by atoms with E-state index in [2.05, 4.69) is 9.47 Å². The van der Waals surface area contributed by atoms with Crippen molar-refractivity contribution < 1.29 is 24.2 Å². The van der Waals surface area contributed by atoms with Crippen LogP contribution in [0.15, 0.2) is 0 Å². The van der Waals surface area contributed by atoms with Crippen molar-refractivity contribution in [3.05, 3.63) is 0 Å². The summed E-state index contributed by atoms with van der Waals surface area (Å²) in [7, 11) is 0. The van der Waals surface area contributed by atoms with Gasteiger partial charge in [-0.05, 0) is 6.92 Å². The molecule has 1 rings (SSSR count). The maximum atomic E-state index is 10.0. The molecule has 12 heavy (non-hydrogen) atoms. The van der Waals surface area contributed by atoms with E-state index in [0.717, 1.165) is 0 Å². The van der Waals surface area contributed by atoms with Gasteiger partial charge in [-0.1, -0.05) is 6.92 Å². The van der Waals surface area contributed by atoms with Crippen LogP contribution in [-0.4, -0.2) is 29.9 Å². The Morgan fingerprint density at radius 3 is 2.33 bits per heavy atom. The maximum absolute atomic E-state index is 10.0. The van der Waals surface area contributed by atoms with Gasteiger partial charge in [0.05, 0.1) is 0 Å². The van der Waals surface area contributed by atoms with E-state index >= 15 is 0 Å². The van der Waals surface area contributed by atoms with E-state index in [1.807, 2.05) is 0 Å². The second kappa shape index (κ2) is 5.40. The zero-order valence-corrected chi connectivity index (χ0v) is 7.07. The Kier molecular flexibility index (Phi) is 4.83. The molecule has 0 aliphatic carbocycles. The molecule has 1 saturated heterocycles. The van der Waals surface area contributed by atoms with E-state index < -0.39 is 12.1 Å². The fraction of sp³-hybridized carbons (Fsp3) is 0.714. The van der Waals surface area contributed by atoms with Crippen LogP contribution in [-0.2, 0) is 14.3 Å². The highest BCUT2D eigenvalue weighted by Gasteiger charge is 2.19. The lowest BCUT2D eigenvalue weighted by atomic mass is 10.5. The molecule has 0 amide bonds. The van der Waals surface area contributed by atoms with Crippen molar-refractivity contribution in [1.82, 2.24) is 0 Å². The molecule has 0 aromatic heterocycles. The van der Waals surface area contributed by atoms with E-state index in [4.69, 9.17) is 5.11 Å². The molecule has 1 heterocycles. The monoisotopic (exact) mass is 176 g/mol. The molecule has 1 fully saturated rings. The SMILES string of the molecule is CC1COC(=O)O1.CCC(=O)O. The minimum atomic E-state index is -0.745. The summed E-state index contributed by atoms with van der Waals surface area (Å²) in [4.78, 5) is 19.4. The molecular weight excluding hydrogens is 164 g/mol. The van der Waals surface area contributed by atoms with Gasteiger partial charge in [0.2, 0.25) is 0 Å².